The maximum Gasteiger partial charge on any atom is 0.259 e. The van der Waals surface area contributed by atoms with Gasteiger partial charge in [-0.3, -0.25) is 4.79 Å². The molecule has 0 fully saturated rings. The third-order valence-corrected chi connectivity index (χ3v) is 5.10. The number of likely N-dealkylation sites (N-methyl/N-ethyl adjacent to an activating group) is 1. The number of thiazole rings is 1. The lowest BCUT2D eigenvalue weighted by atomic mass is 10.2. The molecule has 0 aliphatic heterocycles. The minimum absolute atomic E-state index is 0.0205. The van der Waals surface area contributed by atoms with Crippen LogP contribution in [0, 0.1) is 6.92 Å². The zero-order chi connectivity index (χ0) is 20.1. The number of ether oxygens (including phenoxy) is 2. The lowest BCUT2D eigenvalue weighted by molar-refractivity contribution is -0.130. The van der Waals surface area contributed by atoms with Gasteiger partial charge in [-0.05, 0) is 55.3 Å². The van der Waals surface area contributed by atoms with Crippen LogP contribution in [0.15, 0.2) is 36.4 Å². The van der Waals surface area contributed by atoms with Crippen molar-refractivity contribution in [3.63, 3.8) is 0 Å². The van der Waals surface area contributed by atoms with Crippen molar-refractivity contribution in [1.29, 1.82) is 0 Å². The fourth-order valence-corrected chi connectivity index (χ4v) is 3.43. The molecule has 28 heavy (non-hydrogen) atoms. The van der Waals surface area contributed by atoms with Crippen molar-refractivity contribution in [3.05, 3.63) is 52.5 Å². The SMILES string of the molecule is CCOc1cc(/C=C/c2nc3cc(C)ccc3s2)ccc1OCC(=O)N(C)C. The van der Waals surface area contributed by atoms with Gasteiger partial charge in [0.15, 0.2) is 18.1 Å². The number of carbonyl (C=O) groups is 1. The first-order chi connectivity index (χ1) is 13.5. The summed E-state index contributed by atoms with van der Waals surface area (Å²) in [6, 6.07) is 12.0. The number of aromatic nitrogens is 1. The number of hydrogen-bond acceptors (Lipinski definition) is 5. The summed E-state index contributed by atoms with van der Waals surface area (Å²) in [5, 5.41) is 0.954. The van der Waals surface area contributed by atoms with Crippen LogP contribution in [-0.4, -0.2) is 43.1 Å². The third kappa shape index (κ3) is 4.89. The van der Waals surface area contributed by atoms with E-state index in [1.54, 1.807) is 25.4 Å². The Hall–Kier alpha value is -2.86. The Morgan fingerprint density at radius 2 is 1.93 bits per heavy atom. The molecule has 3 aromatic rings. The molecule has 0 bridgehead atoms. The molecule has 0 saturated heterocycles. The van der Waals surface area contributed by atoms with Crippen molar-refractivity contribution >= 4 is 39.6 Å². The second-order valence-electron chi connectivity index (χ2n) is 6.57. The minimum Gasteiger partial charge on any atom is -0.490 e. The number of rotatable bonds is 7. The quantitative estimate of drug-likeness (QED) is 0.584. The van der Waals surface area contributed by atoms with Crippen LogP contribution in [0.4, 0.5) is 0 Å². The summed E-state index contributed by atoms with van der Waals surface area (Å²) in [7, 11) is 3.40. The van der Waals surface area contributed by atoms with Crippen molar-refractivity contribution in [2.45, 2.75) is 13.8 Å². The van der Waals surface area contributed by atoms with E-state index >= 15 is 0 Å². The summed E-state index contributed by atoms with van der Waals surface area (Å²) in [5.74, 6) is 1.08. The van der Waals surface area contributed by atoms with E-state index in [9.17, 15) is 4.79 Å². The second-order valence-corrected chi connectivity index (χ2v) is 7.63. The molecule has 3 rings (SSSR count). The van der Waals surface area contributed by atoms with E-state index < -0.39 is 0 Å². The molecule has 0 N–H and O–H groups in total. The Morgan fingerprint density at radius 3 is 2.68 bits per heavy atom. The van der Waals surface area contributed by atoms with E-state index in [-0.39, 0.29) is 12.5 Å². The van der Waals surface area contributed by atoms with Crippen molar-refractivity contribution in [3.8, 4) is 11.5 Å². The molecule has 1 amide bonds. The van der Waals surface area contributed by atoms with Gasteiger partial charge in [0.2, 0.25) is 0 Å². The first kappa shape index (κ1) is 19.9. The molecular formula is C22H24N2O3S. The molecule has 6 heteroatoms. The van der Waals surface area contributed by atoms with E-state index in [1.165, 1.54) is 15.2 Å². The van der Waals surface area contributed by atoms with E-state index in [4.69, 9.17) is 9.47 Å². The molecule has 0 radical (unpaired) electrons. The zero-order valence-electron chi connectivity index (χ0n) is 16.6. The molecule has 2 aromatic carbocycles. The zero-order valence-corrected chi connectivity index (χ0v) is 17.4. The topological polar surface area (TPSA) is 51.7 Å². The standard InChI is InChI=1S/C22H24N2O3S/c1-5-26-19-13-16(7-9-18(19)27-14-22(25)24(3)4)8-11-21-23-17-12-15(2)6-10-20(17)28-21/h6-13H,5,14H2,1-4H3/b11-8+. The summed E-state index contributed by atoms with van der Waals surface area (Å²) >= 11 is 1.66. The number of fused-ring (bicyclic) bond motifs is 1. The Kier molecular flexibility index (Phi) is 6.31. The Morgan fingerprint density at radius 1 is 1.11 bits per heavy atom. The Bertz CT molecular complexity index is 1010. The van der Waals surface area contributed by atoms with Crippen molar-refractivity contribution < 1.29 is 14.3 Å². The van der Waals surface area contributed by atoms with Crippen LogP contribution in [0.25, 0.3) is 22.4 Å². The molecule has 146 valence electrons. The Balaban J connectivity index is 1.78. The number of benzene rings is 2. The molecule has 0 spiro atoms. The summed E-state index contributed by atoms with van der Waals surface area (Å²) in [6.07, 6.45) is 4.00. The van der Waals surface area contributed by atoms with Crippen LogP contribution < -0.4 is 9.47 Å². The van der Waals surface area contributed by atoms with Crippen LogP contribution in [0.5, 0.6) is 11.5 Å². The highest BCUT2D eigenvalue weighted by molar-refractivity contribution is 7.19. The van der Waals surface area contributed by atoms with Gasteiger partial charge >= 0.3 is 0 Å². The van der Waals surface area contributed by atoms with Crippen molar-refractivity contribution in [2.24, 2.45) is 0 Å². The predicted molar refractivity (Wildman–Crippen MR) is 115 cm³/mol. The number of nitrogens with zero attached hydrogens (tertiary/aromatic N) is 2. The first-order valence-electron chi connectivity index (χ1n) is 9.11. The first-order valence-corrected chi connectivity index (χ1v) is 9.93. The average Bonchev–Trinajstić information content (AvgIpc) is 3.07. The smallest absolute Gasteiger partial charge is 0.259 e. The summed E-state index contributed by atoms with van der Waals surface area (Å²) < 4.78 is 12.5. The molecular weight excluding hydrogens is 372 g/mol. The maximum atomic E-state index is 11.7. The van der Waals surface area contributed by atoms with Gasteiger partial charge in [-0.25, -0.2) is 4.98 Å². The number of amides is 1. The number of carbonyl (C=O) groups excluding carboxylic acids is 1. The summed E-state index contributed by atoms with van der Waals surface area (Å²) in [5.41, 5.74) is 3.21. The Labute approximate surface area is 169 Å². The molecule has 0 unspecified atom stereocenters. The van der Waals surface area contributed by atoms with Crippen LogP contribution in [0.3, 0.4) is 0 Å². The summed E-state index contributed by atoms with van der Waals surface area (Å²) in [6.45, 7) is 4.48. The van der Waals surface area contributed by atoms with Gasteiger partial charge in [0.25, 0.3) is 5.91 Å². The van der Waals surface area contributed by atoms with Crippen molar-refractivity contribution in [1.82, 2.24) is 9.88 Å². The van der Waals surface area contributed by atoms with E-state index in [1.807, 2.05) is 37.3 Å². The fourth-order valence-electron chi connectivity index (χ4n) is 2.58. The van der Waals surface area contributed by atoms with E-state index in [2.05, 4.69) is 30.1 Å². The maximum absolute atomic E-state index is 11.7. The summed E-state index contributed by atoms with van der Waals surface area (Å²) in [4.78, 5) is 17.9. The highest BCUT2D eigenvalue weighted by Crippen LogP contribution is 2.30. The molecule has 0 atom stereocenters. The predicted octanol–water partition coefficient (Wildman–Crippen LogP) is 4.64. The normalized spacial score (nSPS) is 11.1. The van der Waals surface area contributed by atoms with Gasteiger partial charge in [-0.2, -0.15) is 0 Å². The molecule has 0 saturated carbocycles. The number of aryl methyl sites for hydroxylation is 1. The average molecular weight is 397 g/mol. The molecule has 1 aromatic heterocycles. The van der Waals surface area contributed by atoms with E-state index in [0.29, 0.717) is 18.1 Å². The highest BCUT2D eigenvalue weighted by Gasteiger charge is 2.10. The van der Waals surface area contributed by atoms with Gasteiger partial charge in [0.1, 0.15) is 5.01 Å². The third-order valence-electron chi connectivity index (χ3n) is 4.10. The molecule has 1 heterocycles. The molecule has 5 nitrogen and oxygen atoms in total. The highest BCUT2D eigenvalue weighted by atomic mass is 32.1. The van der Waals surface area contributed by atoms with E-state index in [0.717, 1.165) is 16.1 Å². The fraction of sp³-hybridized carbons (Fsp3) is 0.273. The van der Waals surface area contributed by atoms with Gasteiger partial charge in [0, 0.05) is 14.1 Å². The van der Waals surface area contributed by atoms with Gasteiger partial charge in [0.05, 0.1) is 16.8 Å². The van der Waals surface area contributed by atoms with Gasteiger partial charge in [-0.15, -0.1) is 11.3 Å². The second kappa shape index (κ2) is 8.89. The lowest BCUT2D eigenvalue weighted by Gasteiger charge is -2.14. The monoisotopic (exact) mass is 396 g/mol. The van der Waals surface area contributed by atoms with Crippen molar-refractivity contribution in [2.75, 3.05) is 27.3 Å². The largest absolute Gasteiger partial charge is 0.490 e. The molecule has 0 aliphatic rings. The van der Waals surface area contributed by atoms with Crippen LogP contribution in [0.2, 0.25) is 0 Å². The van der Waals surface area contributed by atoms with Crippen LogP contribution >= 0.6 is 11.3 Å². The van der Waals surface area contributed by atoms with Crippen LogP contribution in [0.1, 0.15) is 23.1 Å². The van der Waals surface area contributed by atoms with Crippen LogP contribution in [-0.2, 0) is 4.79 Å². The van der Waals surface area contributed by atoms with Gasteiger partial charge in [-0.1, -0.05) is 18.2 Å². The minimum atomic E-state index is -0.0995. The number of hydrogen-bond donors (Lipinski definition) is 0. The lowest BCUT2D eigenvalue weighted by Crippen LogP contribution is -2.27. The molecule has 0 aliphatic carbocycles. The van der Waals surface area contributed by atoms with Gasteiger partial charge < -0.3 is 14.4 Å².